The van der Waals surface area contributed by atoms with Crippen molar-refractivity contribution in [3.05, 3.63) is 35.6 Å². The van der Waals surface area contributed by atoms with Gasteiger partial charge in [0.2, 0.25) is 0 Å². The molecule has 2 heterocycles. The Labute approximate surface area is 152 Å². The fourth-order valence-electron chi connectivity index (χ4n) is 3.17. The van der Waals surface area contributed by atoms with Crippen LogP contribution in [0.4, 0.5) is 4.39 Å². The Morgan fingerprint density at radius 2 is 1.68 bits per heavy atom. The molecule has 2 aliphatic heterocycles. The molecule has 3 rings (SSSR count). The number of benzene rings is 1. The van der Waals surface area contributed by atoms with E-state index >= 15 is 0 Å². The Balaban J connectivity index is 0.00000225. The van der Waals surface area contributed by atoms with Crippen molar-refractivity contribution in [2.45, 2.75) is 25.0 Å². The molecule has 0 spiro atoms. The zero-order valence-corrected chi connectivity index (χ0v) is 14.7. The summed E-state index contributed by atoms with van der Waals surface area (Å²) in [5.74, 6) is -0.517. The van der Waals surface area contributed by atoms with E-state index in [4.69, 9.17) is 10.5 Å². The lowest BCUT2D eigenvalue weighted by molar-refractivity contribution is -0.144. The average molecular weight is 372 g/mol. The highest BCUT2D eigenvalue weighted by Crippen LogP contribution is 2.21. The fraction of sp³-hybridized carbons (Fsp3) is 0.529. The van der Waals surface area contributed by atoms with Crippen molar-refractivity contribution in [3.8, 4) is 0 Å². The second kappa shape index (κ2) is 8.60. The molecule has 138 valence electrons. The molecule has 0 aromatic heterocycles. The number of carbonyl (C=O) groups excluding carboxylic acids is 2. The van der Waals surface area contributed by atoms with Gasteiger partial charge in [0, 0.05) is 38.3 Å². The number of ether oxygens (including phenoxy) is 1. The van der Waals surface area contributed by atoms with E-state index in [-0.39, 0.29) is 36.1 Å². The molecular weight excluding hydrogens is 349 g/mol. The van der Waals surface area contributed by atoms with Gasteiger partial charge in [-0.3, -0.25) is 9.59 Å². The molecule has 2 saturated heterocycles. The summed E-state index contributed by atoms with van der Waals surface area (Å²) < 4.78 is 18.6. The predicted molar refractivity (Wildman–Crippen MR) is 93.1 cm³/mol. The third kappa shape index (κ3) is 4.48. The van der Waals surface area contributed by atoms with Gasteiger partial charge in [-0.25, -0.2) is 4.39 Å². The molecule has 0 unspecified atom stereocenters. The van der Waals surface area contributed by atoms with E-state index in [0.29, 0.717) is 44.7 Å². The third-order valence-corrected chi connectivity index (χ3v) is 4.62. The number of halogens is 2. The van der Waals surface area contributed by atoms with Crippen molar-refractivity contribution in [1.82, 2.24) is 9.80 Å². The number of hydrogen-bond acceptors (Lipinski definition) is 4. The molecule has 0 aliphatic carbocycles. The van der Waals surface area contributed by atoms with Crippen LogP contribution in [-0.4, -0.2) is 66.5 Å². The van der Waals surface area contributed by atoms with Crippen LogP contribution < -0.4 is 5.73 Å². The monoisotopic (exact) mass is 371 g/mol. The molecule has 2 fully saturated rings. The molecule has 0 radical (unpaired) electrons. The molecule has 0 bridgehead atoms. The Bertz CT molecular complexity index is 606. The number of hydrogen-bond donors (Lipinski definition) is 1. The van der Waals surface area contributed by atoms with Crippen molar-refractivity contribution in [2.24, 2.45) is 5.73 Å². The van der Waals surface area contributed by atoms with Crippen LogP contribution in [0, 0.1) is 5.82 Å². The molecule has 1 aromatic carbocycles. The highest BCUT2D eigenvalue weighted by atomic mass is 35.5. The Hall–Kier alpha value is -1.70. The molecular formula is C17H23ClFN3O3. The third-order valence-electron chi connectivity index (χ3n) is 4.62. The number of nitrogens with two attached hydrogens (primary N) is 1. The Morgan fingerprint density at radius 3 is 2.24 bits per heavy atom. The standard InChI is InChI=1S/C17H22FN3O3.ClH/c18-13-3-1-12(2-4-13)16(22)20-7-9-21(10-8-20)17(23)15-6-5-14(11-19)24-15;/h1-4,14-15H,5-11,19H2;1H/t14-,15+;/m1./s1. The fourth-order valence-corrected chi connectivity index (χ4v) is 3.17. The largest absolute Gasteiger partial charge is 0.364 e. The first-order valence-corrected chi connectivity index (χ1v) is 8.27. The number of carbonyl (C=O) groups is 2. The quantitative estimate of drug-likeness (QED) is 0.861. The maximum absolute atomic E-state index is 12.9. The Morgan fingerprint density at radius 1 is 1.08 bits per heavy atom. The van der Waals surface area contributed by atoms with Crippen LogP contribution in [0.15, 0.2) is 24.3 Å². The summed E-state index contributed by atoms with van der Waals surface area (Å²) in [5.41, 5.74) is 6.03. The van der Waals surface area contributed by atoms with E-state index in [9.17, 15) is 14.0 Å². The maximum Gasteiger partial charge on any atom is 0.253 e. The molecule has 8 heteroatoms. The van der Waals surface area contributed by atoms with Crippen LogP contribution >= 0.6 is 12.4 Å². The Kier molecular flexibility index (Phi) is 6.75. The summed E-state index contributed by atoms with van der Waals surface area (Å²) in [6, 6.07) is 5.51. The van der Waals surface area contributed by atoms with Crippen molar-refractivity contribution in [3.63, 3.8) is 0 Å². The van der Waals surface area contributed by atoms with Gasteiger partial charge in [0.15, 0.2) is 0 Å². The molecule has 1 aromatic rings. The smallest absolute Gasteiger partial charge is 0.253 e. The maximum atomic E-state index is 12.9. The lowest BCUT2D eigenvalue weighted by atomic mass is 10.1. The number of rotatable bonds is 3. The summed E-state index contributed by atoms with van der Waals surface area (Å²) in [5, 5.41) is 0. The SMILES string of the molecule is Cl.NC[C@H]1CC[C@@H](C(=O)N2CCN(C(=O)c3ccc(F)cc3)CC2)O1. The van der Waals surface area contributed by atoms with Crippen LogP contribution in [-0.2, 0) is 9.53 Å². The van der Waals surface area contributed by atoms with Crippen LogP contribution in [0.5, 0.6) is 0 Å². The first kappa shape index (κ1) is 19.6. The summed E-state index contributed by atoms with van der Waals surface area (Å²) in [6.07, 6.45) is 1.09. The number of nitrogens with zero attached hydrogens (tertiary/aromatic N) is 2. The molecule has 2 atom stereocenters. The van der Waals surface area contributed by atoms with Gasteiger partial charge in [0.05, 0.1) is 6.10 Å². The highest BCUT2D eigenvalue weighted by molar-refractivity contribution is 5.94. The first-order valence-electron chi connectivity index (χ1n) is 8.27. The highest BCUT2D eigenvalue weighted by Gasteiger charge is 2.34. The molecule has 2 aliphatic rings. The lowest BCUT2D eigenvalue weighted by Crippen LogP contribution is -2.53. The van der Waals surface area contributed by atoms with Crippen LogP contribution in [0.2, 0.25) is 0 Å². The van der Waals surface area contributed by atoms with Crippen LogP contribution in [0.1, 0.15) is 23.2 Å². The second-order valence-corrected chi connectivity index (χ2v) is 6.18. The van der Waals surface area contributed by atoms with Gasteiger partial charge >= 0.3 is 0 Å². The van der Waals surface area contributed by atoms with Gasteiger partial charge in [-0.1, -0.05) is 0 Å². The van der Waals surface area contributed by atoms with Crippen molar-refractivity contribution in [1.29, 1.82) is 0 Å². The van der Waals surface area contributed by atoms with E-state index in [1.807, 2.05) is 0 Å². The van der Waals surface area contributed by atoms with Crippen LogP contribution in [0.3, 0.4) is 0 Å². The minimum absolute atomic E-state index is 0. The molecule has 2 amide bonds. The van der Waals surface area contributed by atoms with E-state index in [1.54, 1.807) is 9.80 Å². The van der Waals surface area contributed by atoms with Gasteiger partial charge in [0.1, 0.15) is 11.9 Å². The molecule has 2 N–H and O–H groups in total. The molecule has 25 heavy (non-hydrogen) atoms. The minimum Gasteiger partial charge on any atom is -0.364 e. The predicted octanol–water partition coefficient (Wildman–Crippen LogP) is 1.04. The van der Waals surface area contributed by atoms with Gasteiger partial charge in [0.25, 0.3) is 11.8 Å². The topological polar surface area (TPSA) is 75.9 Å². The minimum atomic E-state index is -0.405. The van der Waals surface area contributed by atoms with Crippen LogP contribution in [0.25, 0.3) is 0 Å². The summed E-state index contributed by atoms with van der Waals surface area (Å²) in [4.78, 5) is 28.3. The van der Waals surface area contributed by atoms with Crippen molar-refractivity contribution in [2.75, 3.05) is 32.7 Å². The zero-order chi connectivity index (χ0) is 17.1. The summed E-state index contributed by atoms with van der Waals surface area (Å²) in [6.45, 7) is 2.34. The van der Waals surface area contributed by atoms with Gasteiger partial charge < -0.3 is 20.3 Å². The zero-order valence-electron chi connectivity index (χ0n) is 13.9. The van der Waals surface area contributed by atoms with Gasteiger partial charge in [-0.15, -0.1) is 12.4 Å². The molecule has 6 nitrogen and oxygen atoms in total. The van der Waals surface area contributed by atoms with Crippen molar-refractivity contribution >= 4 is 24.2 Å². The number of piperazine rings is 1. The average Bonchev–Trinajstić information content (AvgIpc) is 3.10. The van der Waals surface area contributed by atoms with Gasteiger partial charge in [-0.2, -0.15) is 0 Å². The van der Waals surface area contributed by atoms with Crippen molar-refractivity contribution < 1.29 is 18.7 Å². The van der Waals surface area contributed by atoms with E-state index in [0.717, 1.165) is 6.42 Å². The van der Waals surface area contributed by atoms with E-state index in [2.05, 4.69) is 0 Å². The molecule has 0 saturated carbocycles. The normalized spacial score (nSPS) is 23.3. The van der Waals surface area contributed by atoms with E-state index in [1.165, 1.54) is 24.3 Å². The van der Waals surface area contributed by atoms with Gasteiger partial charge in [-0.05, 0) is 37.1 Å². The second-order valence-electron chi connectivity index (χ2n) is 6.18. The number of amides is 2. The summed E-state index contributed by atoms with van der Waals surface area (Å²) >= 11 is 0. The summed E-state index contributed by atoms with van der Waals surface area (Å²) in [7, 11) is 0. The first-order chi connectivity index (χ1) is 11.6. The van der Waals surface area contributed by atoms with E-state index < -0.39 is 6.10 Å². The lowest BCUT2D eigenvalue weighted by Gasteiger charge is -2.35.